The fourth-order valence-electron chi connectivity index (χ4n) is 4.60. The van der Waals surface area contributed by atoms with E-state index in [1.165, 1.54) is 11.1 Å². The number of hydrogen-bond donors (Lipinski definition) is 1. The third kappa shape index (κ3) is 4.75. The highest BCUT2D eigenvalue weighted by atomic mass is 19.1. The topological polar surface area (TPSA) is 41.9 Å². The Morgan fingerprint density at radius 2 is 2.04 bits per heavy atom. The molecule has 2 heterocycles. The van der Waals surface area contributed by atoms with Crippen LogP contribution in [0.15, 0.2) is 12.1 Å². The predicted molar refractivity (Wildman–Crippen MR) is 105 cm³/mol. The Morgan fingerprint density at radius 3 is 2.70 bits per heavy atom. The first-order chi connectivity index (χ1) is 12.8. The first-order valence-corrected chi connectivity index (χ1v) is 10.1. The summed E-state index contributed by atoms with van der Waals surface area (Å²) in [6.07, 6.45) is 2.88. The van der Waals surface area contributed by atoms with Crippen LogP contribution in [0.4, 0.5) is 4.39 Å². The van der Waals surface area contributed by atoms with Crippen LogP contribution in [0, 0.1) is 11.3 Å². The van der Waals surface area contributed by atoms with Crippen LogP contribution in [0.5, 0.6) is 11.5 Å². The van der Waals surface area contributed by atoms with Gasteiger partial charge in [-0.05, 0) is 53.9 Å². The van der Waals surface area contributed by atoms with E-state index >= 15 is 0 Å². The zero-order valence-electron chi connectivity index (χ0n) is 17.1. The molecule has 27 heavy (non-hydrogen) atoms. The van der Waals surface area contributed by atoms with Gasteiger partial charge in [0, 0.05) is 25.6 Å². The zero-order valence-corrected chi connectivity index (χ0v) is 17.1. The summed E-state index contributed by atoms with van der Waals surface area (Å²) in [5.74, 6) is 1.72. The maximum Gasteiger partial charge on any atom is 0.161 e. The average molecular weight is 380 g/mol. The Labute approximate surface area is 162 Å². The van der Waals surface area contributed by atoms with Crippen molar-refractivity contribution in [3.05, 3.63) is 23.3 Å². The highest BCUT2D eigenvalue weighted by Gasteiger charge is 2.39. The van der Waals surface area contributed by atoms with Crippen LogP contribution in [0.1, 0.15) is 57.2 Å². The van der Waals surface area contributed by atoms with Crippen molar-refractivity contribution in [1.82, 2.24) is 4.90 Å². The van der Waals surface area contributed by atoms with Gasteiger partial charge in [-0.3, -0.25) is 9.29 Å². The molecule has 0 unspecified atom stereocenters. The highest BCUT2D eigenvalue weighted by molar-refractivity contribution is 5.49. The van der Waals surface area contributed by atoms with Crippen molar-refractivity contribution in [3.8, 4) is 11.5 Å². The standard InChI is InChI=1S/C22H34FNO3/c1-22(2,3)13-16-14-24-8-6-15-10-21(27-9-5-7-23)20(26-4)11-17(15)18(24)12-19(16)25/h10-11,16,18-19,25H,5-9,12-14H2,1-4H3/t16-,18-,19-/m1/s1. The van der Waals surface area contributed by atoms with E-state index in [-0.39, 0.29) is 24.2 Å². The van der Waals surface area contributed by atoms with Crippen LogP contribution in [0.2, 0.25) is 0 Å². The quantitative estimate of drug-likeness (QED) is 0.754. The Morgan fingerprint density at radius 1 is 1.26 bits per heavy atom. The van der Waals surface area contributed by atoms with Crippen molar-refractivity contribution >= 4 is 0 Å². The molecule has 3 atom stereocenters. The predicted octanol–water partition coefficient (Wildman–Crippen LogP) is 4.15. The van der Waals surface area contributed by atoms with Gasteiger partial charge in [0.05, 0.1) is 26.5 Å². The minimum Gasteiger partial charge on any atom is -0.493 e. The fraction of sp³-hybridized carbons (Fsp3) is 0.727. The van der Waals surface area contributed by atoms with Gasteiger partial charge in [-0.1, -0.05) is 20.8 Å². The molecule has 1 N–H and O–H groups in total. The number of piperidine rings is 1. The monoisotopic (exact) mass is 379 g/mol. The first kappa shape index (κ1) is 20.4. The molecule has 3 rings (SSSR count). The summed E-state index contributed by atoms with van der Waals surface area (Å²) in [5, 5.41) is 10.8. The molecule has 0 radical (unpaired) electrons. The van der Waals surface area contributed by atoms with Crippen LogP contribution >= 0.6 is 0 Å². The average Bonchev–Trinajstić information content (AvgIpc) is 2.61. The molecule has 5 heteroatoms. The molecular weight excluding hydrogens is 345 g/mol. The molecule has 2 aliphatic rings. The lowest BCUT2D eigenvalue weighted by Crippen LogP contribution is -2.48. The number of alkyl halides is 1. The van der Waals surface area contributed by atoms with E-state index in [4.69, 9.17) is 9.47 Å². The fourth-order valence-corrected chi connectivity index (χ4v) is 4.60. The maximum atomic E-state index is 12.4. The third-order valence-electron chi connectivity index (χ3n) is 5.78. The number of hydrogen-bond acceptors (Lipinski definition) is 4. The Kier molecular flexibility index (Phi) is 6.32. The minimum atomic E-state index is -0.377. The Balaban J connectivity index is 1.80. The van der Waals surface area contributed by atoms with E-state index in [1.54, 1.807) is 7.11 Å². The number of aliphatic hydroxyl groups is 1. The van der Waals surface area contributed by atoms with Crippen molar-refractivity contribution in [3.63, 3.8) is 0 Å². The van der Waals surface area contributed by atoms with Crippen molar-refractivity contribution in [2.24, 2.45) is 11.3 Å². The smallest absolute Gasteiger partial charge is 0.161 e. The molecule has 0 aromatic heterocycles. The molecule has 0 spiro atoms. The maximum absolute atomic E-state index is 12.4. The SMILES string of the molecule is COc1cc2c(cc1OCCCF)CCN1C[C@@H](CC(C)(C)C)[C@H](O)C[C@H]21. The van der Waals surface area contributed by atoms with E-state index in [9.17, 15) is 9.50 Å². The molecule has 2 aliphatic heterocycles. The van der Waals surface area contributed by atoms with E-state index in [2.05, 4.69) is 37.8 Å². The molecule has 0 bridgehead atoms. The van der Waals surface area contributed by atoms with Gasteiger partial charge in [0.25, 0.3) is 0 Å². The number of halogens is 1. The van der Waals surface area contributed by atoms with Gasteiger partial charge in [-0.2, -0.15) is 0 Å². The molecule has 1 aromatic rings. The summed E-state index contributed by atoms with van der Waals surface area (Å²) < 4.78 is 23.6. The van der Waals surface area contributed by atoms with Crippen LogP contribution in [0.3, 0.4) is 0 Å². The largest absolute Gasteiger partial charge is 0.493 e. The van der Waals surface area contributed by atoms with Crippen LogP contribution < -0.4 is 9.47 Å². The Hall–Kier alpha value is -1.33. The lowest BCUT2D eigenvalue weighted by atomic mass is 9.75. The van der Waals surface area contributed by atoms with Crippen molar-refractivity contribution in [2.75, 3.05) is 33.5 Å². The molecule has 0 aliphatic carbocycles. The summed E-state index contributed by atoms with van der Waals surface area (Å²) in [4.78, 5) is 2.52. The molecule has 0 saturated carbocycles. The molecule has 1 fully saturated rings. The van der Waals surface area contributed by atoms with E-state index in [0.717, 1.165) is 32.4 Å². The number of rotatable bonds is 6. The van der Waals surface area contributed by atoms with Gasteiger partial charge >= 0.3 is 0 Å². The summed E-state index contributed by atoms with van der Waals surface area (Å²) in [6, 6.07) is 4.35. The number of nitrogens with zero attached hydrogens (tertiary/aromatic N) is 1. The van der Waals surface area contributed by atoms with Gasteiger partial charge in [0.1, 0.15) is 0 Å². The summed E-state index contributed by atoms with van der Waals surface area (Å²) in [7, 11) is 1.64. The van der Waals surface area contributed by atoms with Crippen LogP contribution in [0.25, 0.3) is 0 Å². The molecule has 4 nitrogen and oxygen atoms in total. The van der Waals surface area contributed by atoms with Gasteiger partial charge in [-0.15, -0.1) is 0 Å². The van der Waals surface area contributed by atoms with Gasteiger partial charge in [0.15, 0.2) is 11.5 Å². The lowest BCUT2D eigenvalue weighted by molar-refractivity contribution is -0.0259. The second-order valence-electron chi connectivity index (χ2n) is 9.18. The van der Waals surface area contributed by atoms with E-state index < -0.39 is 0 Å². The second kappa shape index (κ2) is 8.36. The highest BCUT2D eigenvalue weighted by Crippen LogP contribution is 2.44. The van der Waals surface area contributed by atoms with Gasteiger partial charge in [-0.25, -0.2) is 0 Å². The van der Waals surface area contributed by atoms with Crippen molar-refractivity contribution in [2.45, 2.75) is 58.6 Å². The number of benzene rings is 1. The van der Waals surface area contributed by atoms with E-state index in [0.29, 0.717) is 30.4 Å². The molecular formula is C22H34FNO3. The lowest BCUT2D eigenvalue weighted by Gasteiger charge is -2.47. The van der Waals surface area contributed by atoms with Crippen molar-refractivity contribution in [1.29, 1.82) is 0 Å². The number of methoxy groups -OCH3 is 1. The number of fused-ring (bicyclic) bond motifs is 3. The zero-order chi connectivity index (χ0) is 19.6. The van der Waals surface area contributed by atoms with Gasteiger partial charge in [0.2, 0.25) is 0 Å². The number of ether oxygens (including phenoxy) is 2. The summed E-state index contributed by atoms with van der Waals surface area (Å²) in [6.45, 7) is 8.65. The second-order valence-corrected chi connectivity index (χ2v) is 9.18. The van der Waals surface area contributed by atoms with E-state index in [1.807, 2.05) is 0 Å². The number of aliphatic hydroxyl groups excluding tert-OH is 1. The first-order valence-electron chi connectivity index (χ1n) is 10.1. The minimum absolute atomic E-state index is 0.223. The molecule has 1 aromatic carbocycles. The van der Waals surface area contributed by atoms with Gasteiger partial charge < -0.3 is 14.6 Å². The molecule has 1 saturated heterocycles. The van der Waals surface area contributed by atoms with Crippen molar-refractivity contribution < 1.29 is 19.0 Å². The van der Waals surface area contributed by atoms with Crippen LogP contribution in [-0.4, -0.2) is 49.6 Å². The summed E-state index contributed by atoms with van der Waals surface area (Å²) in [5.41, 5.74) is 2.72. The Bertz CT molecular complexity index is 643. The third-order valence-corrected chi connectivity index (χ3v) is 5.78. The van der Waals surface area contributed by atoms with Crippen LogP contribution in [-0.2, 0) is 6.42 Å². The molecule has 0 amide bonds. The summed E-state index contributed by atoms with van der Waals surface area (Å²) >= 11 is 0. The molecule has 152 valence electrons. The normalized spacial score (nSPS) is 25.6.